The van der Waals surface area contributed by atoms with E-state index < -0.39 is 0 Å². The maximum Gasteiger partial charge on any atom is 0.106 e. The Hall–Kier alpha value is -1.39. The Labute approximate surface area is 123 Å². The van der Waals surface area contributed by atoms with E-state index in [2.05, 4.69) is 42.7 Å². The fraction of sp³-hybridized carbons (Fsp3) is 0.267. The van der Waals surface area contributed by atoms with Gasteiger partial charge in [0.15, 0.2) is 0 Å². The van der Waals surface area contributed by atoms with Gasteiger partial charge in [-0.2, -0.15) is 0 Å². The van der Waals surface area contributed by atoms with E-state index in [1.807, 2.05) is 12.1 Å². The first kappa shape index (κ1) is 14.0. The van der Waals surface area contributed by atoms with Gasteiger partial charge in [-0.3, -0.25) is 0 Å². The summed E-state index contributed by atoms with van der Waals surface area (Å²) in [5.41, 5.74) is 8.93. The molecule has 2 nitrogen and oxygen atoms in total. The number of rotatable bonds is 5. The number of thiocarbonyl (C=S) groups is 1. The second-order valence-corrected chi connectivity index (χ2v) is 5.95. The van der Waals surface area contributed by atoms with Crippen molar-refractivity contribution in [3.8, 4) is 0 Å². The highest BCUT2D eigenvalue weighted by Gasteiger charge is 2.13. The van der Waals surface area contributed by atoms with Crippen LogP contribution in [0.15, 0.2) is 35.7 Å². The lowest BCUT2D eigenvalue weighted by Crippen LogP contribution is -2.16. The zero-order chi connectivity index (χ0) is 13.8. The van der Waals surface area contributed by atoms with E-state index in [-0.39, 0.29) is 0 Å². The van der Waals surface area contributed by atoms with Crippen LogP contribution in [0.5, 0.6) is 0 Å². The molecule has 2 rings (SSSR count). The Bertz CT molecular complexity index is 562. The maximum absolute atomic E-state index is 5.79. The summed E-state index contributed by atoms with van der Waals surface area (Å²) in [6, 6.07) is 10.7. The van der Waals surface area contributed by atoms with Gasteiger partial charge in [0.25, 0.3) is 0 Å². The molecule has 100 valence electrons. The third kappa shape index (κ3) is 3.33. The lowest BCUT2D eigenvalue weighted by atomic mass is 10.1. The minimum Gasteiger partial charge on any atom is -0.389 e. The van der Waals surface area contributed by atoms with Crippen LogP contribution in [0, 0.1) is 6.92 Å². The number of benzene rings is 1. The van der Waals surface area contributed by atoms with Crippen LogP contribution in [-0.4, -0.2) is 4.99 Å². The third-order valence-corrected chi connectivity index (χ3v) is 4.27. The van der Waals surface area contributed by atoms with Gasteiger partial charge in [0.1, 0.15) is 4.99 Å². The van der Waals surface area contributed by atoms with Crippen molar-refractivity contribution in [2.75, 3.05) is 5.32 Å². The molecule has 0 aliphatic carbocycles. The Morgan fingerprint density at radius 3 is 2.79 bits per heavy atom. The van der Waals surface area contributed by atoms with Crippen molar-refractivity contribution >= 4 is 34.2 Å². The Morgan fingerprint density at radius 1 is 1.42 bits per heavy atom. The number of anilines is 1. The highest BCUT2D eigenvalue weighted by Crippen LogP contribution is 2.28. The predicted octanol–water partition coefficient (Wildman–Crippen LogP) is 4.25. The van der Waals surface area contributed by atoms with Crippen LogP contribution in [0.1, 0.15) is 35.4 Å². The Kier molecular flexibility index (Phi) is 4.56. The molecular formula is C15H18N2S2. The van der Waals surface area contributed by atoms with Crippen LogP contribution >= 0.6 is 23.6 Å². The molecule has 19 heavy (non-hydrogen) atoms. The Balaban J connectivity index is 2.31. The summed E-state index contributed by atoms with van der Waals surface area (Å²) in [6.45, 7) is 4.24. The summed E-state index contributed by atoms with van der Waals surface area (Å²) >= 11 is 6.89. The summed E-state index contributed by atoms with van der Waals surface area (Å²) in [7, 11) is 0. The molecule has 1 aromatic carbocycles. The molecule has 0 radical (unpaired) electrons. The van der Waals surface area contributed by atoms with Gasteiger partial charge in [0.05, 0.1) is 6.04 Å². The molecular weight excluding hydrogens is 272 g/mol. The van der Waals surface area contributed by atoms with Crippen LogP contribution < -0.4 is 11.1 Å². The molecule has 0 amide bonds. The van der Waals surface area contributed by atoms with Gasteiger partial charge >= 0.3 is 0 Å². The first-order valence-electron chi connectivity index (χ1n) is 6.32. The molecule has 0 aliphatic rings. The van der Waals surface area contributed by atoms with Crippen molar-refractivity contribution in [2.24, 2.45) is 5.73 Å². The molecule has 3 N–H and O–H groups in total. The first-order valence-corrected chi connectivity index (χ1v) is 7.61. The van der Waals surface area contributed by atoms with Crippen molar-refractivity contribution in [2.45, 2.75) is 26.3 Å². The van der Waals surface area contributed by atoms with Crippen molar-refractivity contribution in [1.29, 1.82) is 0 Å². The highest BCUT2D eigenvalue weighted by atomic mass is 32.1. The fourth-order valence-electron chi connectivity index (χ4n) is 2.04. The van der Waals surface area contributed by atoms with Crippen molar-refractivity contribution < 1.29 is 0 Å². The molecule has 0 fully saturated rings. The second-order valence-electron chi connectivity index (χ2n) is 4.53. The second kappa shape index (κ2) is 6.17. The molecule has 1 heterocycles. The van der Waals surface area contributed by atoms with E-state index in [0.717, 1.165) is 17.7 Å². The molecule has 1 atom stereocenters. The molecule has 0 bridgehead atoms. The van der Waals surface area contributed by atoms with Crippen LogP contribution in [0.25, 0.3) is 0 Å². The number of hydrogen-bond acceptors (Lipinski definition) is 3. The van der Waals surface area contributed by atoms with Crippen LogP contribution in [-0.2, 0) is 0 Å². The van der Waals surface area contributed by atoms with Crippen molar-refractivity contribution in [3.05, 3.63) is 51.7 Å². The van der Waals surface area contributed by atoms with Crippen LogP contribution in [0.3, 0.4) is 0 Å². The normalized spacial score (nSPS) is 12.1. The third-order valence-electron chi connectivity index (χ3n) is 3.07. The molecule has 0 spiro atoms. The number of nitrogens with two attached hydrogens (primary N) is 1. The molecule has 2 aromatic rings. The summed E-state index contributed by atoms with van der Waals surface area (Å²) in [6.07, 6.45) is 1.02. The molecule has 4 heteroatoms. The number of nitrogens with one attached hydrogen (secondary N) is 1. The van der Waals surface area contributed by atoms with E-state index in [0.29, 0.717) is 11.0 Å². The van der Waals surface area contributed by atoms with Crippen LogP contribution in [0.4, 0.5) is 5.69 Å². The van der Waals surface area contributed by atoms with E-state index >= 15 is 0 Å². The van der Waals surface area contributed by atoms with Gasteiger partial charge in [-0.05, 0) is 42.5 Å². The first-order chi connectivity index (χ1) is 9.11. The van der Waals surface area contributed by atoms with Gasteiger partial charge < -0.3 is 11.1 Å². The summed E-state index contributed by atoms with van der Waals surface area (Å²) in [4.78, 5) is 1.77. The summed E-state index contributed by atoms with van der Waals surface area (Å²) < 4.78 is 0. The van der Waals surface area contributed by atoms with Gasteiger partial charge in [-0.1, -0.05) is 31.3 Å². The fourth-order valence-corrected chi connectivity index (χ4v) is 3.08. The smallest absolute Gasteiger partial charge is 0.106 e. The topological polar surface area (TPSA) is 38.0 Å². The lowest BCUT2D eigenvalue weighted by molar-refractivity contribution is 0.763. The Morgan fingerprint density at radius 2 is 2.21 bits per heavy atom. The number of thiophene rings is 1. The number of hydrogen-bond donors (Lipinski definition) is 2. The summed E-state index contributed by atoms with van der Waals surface area (Å²) in [5.74, 6) is 0. The summed E-state index contributed by atoms with van der Waals surface area (Å²) in [5, 5.41) is 5.67. The van der Waals surface area contributed by atoms with E-state index in [4.69, 9.17) is 18.0 Å². The predicted molar refractivity (Wildman–Crippen MR) is 88.0 cm³/mol. The minimum atomic E-state index is 0.301. The van der Waals surface area contributed by atoms with E-state index in [1.54, 1.807) is 11.3 Å². The largest absolute Gasteiger partial charge is 0.389 e. The van der Waals surface area contributed by atoms with Gasteiger partial charge in [-0.25, -0.2) is 0 Å². The standard InChI is InChI=1S/C15H18N2S2/c1-3-12(14-5-4-8-19-14)17-13-9-10(2)6-7-11(13)15(16)18/h4-9,12,17H,3H2,1-2H3,(H2,16,18). The zero-order valence-electron chi connectivity index (χ0n) is 11.1. The highest BCUT2D eigenvalue weighted by molar-refractivity contribution is 7.80. The molecule has 1 aromatic heterocycles. The molecule has 0 aliphatic heterocycles. The monoisotopic (exact) mass is 290 g/mol. The quantitative estimate of drug-likeness (QED) is 0.808. The molecule has 0 saturated heterocycles. The number of aryl methyl sites for hydroxylation is 1. The van der Waals surface area contributed by atoms with E-state index in [9.17, 15) is 0 Å². The maximum atomic E-state index is 5.79. The van der Waals surface area contributed by atoms with E-state index in [1.165, 1.54) is 10.4 Å². The molecule has 1 unspecified atom stereocenters. The van der Waals surface area contributed by atoms with Crippen molar-refractivity contribution in [3.63, 3.8) is 0 Å². The lowest BCUT2D eigenvalue weighted by Gasteiger charge is -2.19. The van der Waals surface area contributed by atoms with Gasteiger partial charge in [0, 0.05) is 16.1 Å². The van der Waals surface area contributed by atoms with Crippen LogP contribution in [0.2, 0.25) is 0 Å². The zero-order valence-corrected chi connectivity index (χ0v) is 12.8. The SMILES string of the molecule is CCC(Nc1cc(C)ccc1C(N)=S)c1cccs1. The molecule has 0 saturated carbocycles. The van der Waals surface area contributed by atoms with Gasteiger partial charge in [0.2, 0.25) is 0 Å². The average Bonchev–Trinajstić information content (AvgIpc) is 2.89. The minimum absolute atomic E-state index is 0.301. The van der Waals surface area contributed by atoms with Crippen molar-refractivity contribution in [1.82, 2.24) is 0 Å². The average molecular weight is 290 g/mol. The van der Waals surface area contributed by atoms with Gasteiger partial charge in [-0.15, -0.1) is 11.3 Å².